The Morgan fingerprint density at radius 2 is 2.10 bits per heavy atom. The molecule has 0 amide bonds. The smallest absolute Gasteiger partial charge is 0.163 e. The van der Waals surface area contributed by atoms with Gasteiger partial charge in [-0.25, -0.2) is 8.78 Å². The third-order valence-electron chi connectivity index (χ3n) is 4.27. The summed E-state index contributed by atoms with van der Waals surface area (Å²) in [6.45, 7) is 0. The average molecular weight is 288 g/mol. The number of nitrogens with one attached hydrogen (secondary N) is 1. The summed E-state index contributed by atoms with van der Waals surface area (Å²) in [5.74, 6) is -1.50. The van der Waals surface area contributed by atoms with E-state index in [2.05, 4.69) is 16.4 Å². The first-order valence-corrected chi connectivity index (χ1v) is 7.27. The number of nitrogens with zero attached hydrogens (tertiary/aromatic N) is 1. The molecule has 0 saturated heterocycles. The van der Waals surface area contributed by atoms with Crippen LogP contribution in [-0.2, 0) is 6.42 Å². The molecule has 0 aliphatic heterocycles. The maximum absolute atomic E-state index is 14.1. The van der Waals surface area contributed by atoms with Crippen molar-refractivity contribution in [1.82, 2.24) is 10.3 Å². The van der Waals surface area contributed by atoms with Crippen LogP contribution in [0.25, 0.3) is 0 Å². The molecule has 2 atom stereocenters. The van der Waals surface area contributed by atoms with Crippen LogP contribution in [-0.4, -0.2) is 12.0 Å². The van der Waals surface area contributed by atoms with Crippen molar-refractivity contribution in [2.75, 3.05) is 7.05 Å². The largest absolute Gasteiger partial charge is 0.312 e. The van der Waals surface area contributed by atoms with Crippen LogP contribution in [0.3, 0.4) is 0 Å². The molecule has 1 N–H and O–H groups in total. The van der Waals surface area contributed by atoms with E-state index < -0.39 is 11.6 Å². The van der Waals surface area contributed by atoms with Crippen molar-refractivity contribution in [2.24, 2.45) is 0 Å². The third kappa shape index (κ3) is 2.56. The van der Waals surface area contributed by atoms with Gasteiger partial charge in [0.1, 0.15) is 0 Å². The van der Waals surface area contributed by atoms with Crippen molar-refractivity contribution in [1.29, 1.82) is 0 Å². The van der Waals surface area contributed by atoms with Crippen molar-refractivity contribution >= 4 is 0 Å². The van der Waals surface area contributed by atoms with Gasteiger partial charge in [-0.2, -0.15) is 0 Å². The number of aromatic nitrogens is 1. The molecule has 2 nitrogen and oxygen atoms in total. The Bertz CT molecular complexity index is 642. The summed E-state index contributed by atoms with van der Waals surface area (Å²) in [6.07, 6.45) is 4.73. The zero-order chi connectivity index (χ0) is 14.8. The molecule has 1 aromatic carbocycles. The van der Waals surface area contributed by atoms with E-state index in [1.165, 1.54) is 5.56 Å². The highest BCUT2D eigenvalue weighted by Gasteiger charge is 2.31. The highest BCUT2D eigenvalue weighted by Crippen LogP contribution is 2.39. The van der Waals surface area contributed by atoms with Crippen LogP contribution in [0.5, 0.6) is 0 Å². The SMILES string of the molecule is CNC(c1cccc(F)c1F)C1CCCc2cccnc21. The predicted octanol–water partition coefficient (Wildman–Crippen LogP) is 3.74. The molecule has 2 unspecified atom stereocenters. The Hall–Kier alpha value is -1.81. The van der Waals surface area contributed by atoms with E-state index in [9.17, 15) is 8.78 Å². The van der Waals surface area contributed by atoms with Gasteiger partial charge in [0.25, 0.3) is 0 Å². The second kappa shape index (κ2) is 5.90. The number of pyridine rings is 1. The molecule has 1 aliphatic rings. The normalized spacial score (nSPS) is 19.1. The van der Waals surface area contributed by atoms with Crippen LogP contribution in [0.4, 0.5) is 8.78 Å². The summed E-state index contributed by atoms with van der Waals surface area (Å²) in [7, 11) is 1.78. The van der Waals surface area contributed by atoms with Gasteiger partial charge in [0.15, 0.2) is 11.6 Å². The standard InChI is InChI=1S/C17H18F2N2/c1-20-17(12-7-3-9-14(18)15(12)19)13-8-2-5-11-6-4-10-21-16(11)13/h3-4,6-7,9-10,13,17,20H,2,5,8H2,1H3. The molecule has 2 aromatic rings. The molecule has 21 heavy (non-hydrogen) atoms. The topological polar surface area (TPSA) is 24.9 Å². The van der Waals surface area contributed by atoms with Crippen molar-refractivity contribution in [3.8, 4) is 0 Å². The number of halogens is 2. The lowest BCUT2D eigenvalue weighted by Gasteiger charge is -2.31. The van der Waals surface area contributed by atoms with Crippen LogP contribution in [0.15, 0.2) is 36.5 Å². The molecule has 0 bridgehead atoms. The fraction of sp³-hybridized carbons (Fsp3) is 0.353. The summed E-state index contributed by atoms with van der Waals surface area (Å²) in [6, 6.07) is 8.09. The van der Waals surface area contributed by atoms with E-state index in [4.69, 9.17) is 0 Å². The summed E-state index contributed by atoms with van der Waals surface area (Å²) in [5.41, 5.74) is 2.60. The van der Waals surface area contributed by atoms with E-state index in [1.54, 1.807) is 25.4 Å². The lowest BCUT2D eigenvalue weighted by molar-refractivity contribution is 0.394. The van der Waals surface area contributed by atoms with Gasteiger partial charge in [0.05, 0.1) is 0 Å². The Morgan fingerprint density at radius 3 is 2.90 bits per heavy atom. The number of hydrogen-bond acceptors (Lipinski definition) is 2. The summed E-state index contributed by atoms with van der Waals surface area (Å²) in [4.78, 5) is 4.49. The zero-order valence-corrected chi connectivity index (χ0v) is 11.9. The van der Waals surface area contributed by atoms with Gasteiger partial charge in [-0.1, -0.05) is 18.2 Å². The summed E-state index contributed by atoms with van der Waals surface area (Å²) < 4.78 is 27.7. The van der Waals surface area contributed by atoms with Crippen molar-refractivity contribution in [3.63, 3.8) is 0 Å². The minimum atomic E-state index is -0.801. The number of rotatable bonds is 3. The van der Waals surface area contributed by atoms with E-state index in [0.717, 1.165) is 31.0 Å². The van der Waals surface area contributed by atoms with Crippen LogP contribution in [0.2, 0.25) is 0 Å². The highest BCUT2D eigenvalue weighted by molar-refractivity contribution is 5.32. The molecule has 0 radical (unpaired) electrons. The first-order chi connectivity index (χ1) is 10.2. The Balaban J connectivity index is 2.04. The number of benzene rings is 1. The van der Waals surface area contributed by atoms with Crippen molar-refractivity contribution < 1.29 is 8.78 Å². The molecule has 110 valence electrons. The van der Waals surface area contributed by atoms with Crippen LogP contribution in [0, 0.1) is 11.6 Å². The maximum Gasteiger partial charge on any atom is 0.163 e. The van der Waals surface area contributed by atoms with E-state index in [-0.39, 0.29) is 12.0 Å². The lowest BCUT2D eigenvalue weighted by Crippen LogP contribution is -2.28. The summed E-state index contributed by atoms with van der Waals surface area (Å²) in [5, 5.41) is 3.15. The average Bonchev–Trinajstić information content (AvgIpc) is 2.52. The Morgan fingerprint density at radius 1 is 1.24 bits per heavy atom. The van der Waals surface area contributed by atoms with Crippen LogP contribution < -0.4 is 5.32 Å². The molecular weight excluding hydrogens is 270 g/mol. The predicted molar refractivity (Wildman–Crippen MR) is 78.1 cm³/mol. The van der Waals surface area contributed by atoms with Gasteiger partial charge in [-0.05, 0) is 44.0 Å². The second-order valence-electron chi connectivity index (χ2n) is 5.46. The van der Waals surface area contributed by atoms with Gasteiger partial charge in [-0.3, -0.25) is 4.98 Å². The van der Waals surface area contributed by atoms with Gasteiger partial charge >= 0.3 is 0 Å². The molecule has 0 saturated carbocycles. The Labute approximate surface area is 123 Å². The van der Waals surface area contributed by atoms with E-state index in [0.29, 0.717) is 5.56 Å². The lowest BCUT2D eigenvalue weighted by atomic mass is 9.79. The second-order valence-corrected chi connectivity index (χ2v) is 5.46. The highest BCUT2D eigenvalue weighted by atomic mass is 19.2. The van der Waals surface area contributed by atoms with Gasteiger partial charge in [0.2, 0.25) is 0 Å². The molecule has 0 spiro atoms. The Kier molecular flexibility index (Phi) is 3.97. The first-order valence-electron chi connectivity index (χ1n) is 7.27. The molecular formula is C17H18F2N2. The van der Waals surface area contributed by atoms with Gasteiger partial charge in [0, 0.05) is 29.4 Å². The minimum absolute atomic E-state index is 0.0660. The zero-order valence-electron chi connectivity index (χ0n) is 11.9. The van der Waals surface area contributed by atoms with Gasteiger partial charge < -0.3 is 5.32 Å². The fourth-order valence-corrected chi connectivity index (χ4v) is 3.30. The number of fused-ring (bicyclic) bond motifs is 1. The molecule has 0 fully saturated rings. The molecule has 3 rings (SSSR count). The van der Waals surface area contributed by atoms with E-state index in [1.807, 2.05) is 6.07 Å². The molecule has 1 heterocycles. The number of likely N-dealkylation sites (N-methyl/N-ethyl adjacent to an activating group) is 1. The minimum Gasteiger partial charge on any atom is -0.312 e. The number of hydrogen-bond donors (Lipinski definition) is 1. The van der Waals surface area contributed by atoms with E-state index >= 15 is 0 Å². The molecule has 4 heteroatoms. The van der Waals surface area contributed by atoms with Crippen molar-refractivity contribution in [2.45, 2.75) is 31.2 Å². The fourth-order valence-electron chi connectivity index (χ4n) is 3.30. The van der Waals surface area contributed by atoms with Crippen molar-refractivity contribution in [3.05, 3.63) is 65.0 Å². The number of aryl methyl sites for hydroxylation is 1. The first kappa shape index (κ1) is 14.1. The molecule has 1 aliphatic carbocycles. The molecule has 1 aromatic heterocycles. The monoisotopic (exact) mass is 288 g/mol. The maximum atomic E-state index is 14.1. The van der Waals surface area contributed by atoms with Crippen LogP contribution in [0.1, 0.15) is 41.6 Å². The quantitative estimate of drug-likeness (QED) is 0.930. The summed E-state index contributed by atoms with van der Waals surface area (Å²) >= 11 is 0. The van der Waals surface area contributed by atoms with Gasteiger partial charge in [-0.15, -0.1) is 0 Å². The third-order valence-corrected chi connectivity index (χ3v) is 4.27. The van der Waals surface area contributed by atoms with Crippen LogP contribution >= 0.6 is 0 Å².